The molecule has 0 unspecified atom stereocenters. The Morgan fingerprint density at radius 1 is 1.58 bits per heavy atom. The van der Waals surface area contributed by atoms with E-state index >= 15 is 0 Å². The molecular weight excluding hydrogens is 166 g/mol. The predicted molar refractivity (Wildman–Crippen MR) is 52.4 cm³/mol. The van der Waals surface area contributed by atoms with Crippen LogP contribution in [0.2, 0.25) is 0 Å². The van der Waals surface area contributed by atoms with Gasteiger partial charge in [0.05, 0.1) is 10.2 Å². The summed E-state index contributed by atoms with van der Waals surface area (Å²) >= 11 is 1.55. The van der Waals surface area contributed by atoms with Gasteiger partial charge in [-0.1, -0.05) is 12.1 Å². The van der Waals surface area contributed by atoms with E-state index in [4.69, 9.17) is 0 Å². The first-order chi connectivity index (χ1) is 5.90. The summed E-state index contributed by atoms with van der Waals surface area (Å²) in [5.74, 6) is 0. The van der Waals surface area contributed by atoms with E-state index in [1.54, 1.807) is 11.3 Å². The highest BCUT2D eigenvalue weighted by atomic mass is 32.1. The first kappa shape index (κ1) is 7.50. The average molecular weight is 174 g/mol. The van der Waals surface area contributed by atoms with Gasteiger partial charge in [0.25, 0.3) is 0 Å². The topological polar surface area (TPSA) is 12.9 Å². The first-order valence-electron chi connectivity index (χ1n) is 3.76. The molecule has 0 aliphatic carbocycles. The Morgan fingerprint density at radius 3 is 3.33 bits per heavy atom. The summed E-state index contributed by atoms with van der Waals surface area (Å²) < 4.78 is 1.20. The van der Waals surface area contributed by atoms with Crippen molar-refractivity contribution in [3.63, 3.8) is 0 Å². The Labute approximate surface area is 75.4 Å². The molecule has 2 aromatic rings. The molecule has 0 saturated carbocycles. The van der Waals surface area contributed by atoms with Gasteiger partial charge in [-0.2, -0.15) is 0 Å². The Morgan fingerprint density at radius 2 is 2.50 bits per heavy atom. The zero-order valence-electron chi connectivity index (χ0n) is 6.58. The van der Waals surface area contributed by atoms with Gasteiger partial charge in [-0.25, -0.2) is 4.98 Å². The highest BCUT2D eigenvalue weighted by Gasteiger charge is 1.96. The van der Waals surface area contributed by atoms with Crippen molar-refractivity contribution in [3.8, 4) is 0 Å². The minimum Gasteiger partial charge on any atom is -0.233 e. The van der Waals surface area contributed by atoms with Crippen LogP contribution in [0.3, 0.4) is 0 Å². The molecule has 1 heterocycles. The van der Waals surface area contributed by atoms with Crippen molar-refractivity contribution in [1.82, 2.24) is 4.98 Å². The number of hydrogen-bond acceptors (Lipinski definition) is 2. The van der Waals surface area contributed by atoms with Gasteiger partial charge in [0.2, 0.25) is 0 Å². The SMILES string of the molecule is C=CCc1ccc2s[c]nc2c1. The highest BCUT2D eigenvalue weighted by molar-refractivity contribution is 7.16. The number of thiazole rings is 1. The normalized spacial score (nSPS) is 10.3. The van der Waals surface area contributed by atoms with Gasteiger partial charge < -0.3 is 0 Å². The number of rotatable bonds is 2. The zero-order valence-corrected chi connectivity index (χ0v) is 7.40. The summed E-state index contributed by atoms with van der Waals surface area (Å²) in [5, 5.41) is 0. The Kier molecular flexibility index (Phi) is 1.92. The third-order valence-corrected chi connectivity index (χ3v) is 2.47. The van der Waals surface area contributed by atoms with Gasteiger partial charge in [-0.05, 0) is 24.1 Å². The van der Waals surface area contributed by atoms with Crippen molar-refractivity contribution < 1.29 is 0 Å². The van der Waals surface area contributed by atoms with E-state index in [1.165, 1.54) is 10.3 Å². The van der Waals surface area contributed by atoms with E-state index < -0.39 is 0 Å². The van der Waals surface area contributed by atoms with Crippen LogP contribution in [-0.2, 0) is 6.42 Å². The fourth-order valence-electron chi connectivity index (χ4n) is 1.15. The van der Waals surface area contributed by atoms with Crippen molar-refractivity contribution in [2.45, 2.75) is 6.42 Å². The molecule has 1 radical (unpaired) electrons. The van der Waals surface area contributed by atoms with Gasteiger partial charge in [-0.15, -0.1) is 17.9 Å². The highest BCUT2D eigenvalue weighted by Crippen LogP contribution is 2.18. The average Bonchev–Trinajstić information content (AvgIpc) is 2.51. The Balaban J connectivity index is 2.52. The monoisotopic (exact) mass is 174 g/mol. The van der Waals surface area contributed by atoms with Crippen LogP contribution in [-0.4, -0.2) is 4.98 Å². The molecule has 0 atom stereocenters. The maximum atomic E-state index is 4.12. The van der Waals surface area contributed by atoms with Crippen molar-refractivity contribution in [2.24, 2.45) is 0 Å². The third-order valence-electron chi connectivity index (χ3n) is 1.73. The maximum Gasteiger partial charge on any atom is 0.153 e. The van der Waals surface area contributed by atoms with Crippen LogP contribution in [0.4, 0.5) is 0 Å². The lowest BCUT2D eigenvalue weighted by molar-refractivity contribution is 1.28. The second kappa shape index (κ2) is 3.07. The van der Waals surface area contributed by atoms with E-state index in [-0.39, 0.29) is 0 Å². The van der Waals surface area contributed by atoms with Crippen molar-refractivity contribution >= 4 is 21.6 Å². The molecule has 12 heavy (non-hydrogen) atoms. The summed E-state index contributed by atoms with van der Waals surface area (Å²) in [4.78, 5) is 4.12. The molecule has 2 heteroatoms. The number of aromatic nitrogens is 1. The smallest absolute Gasteiger partial charge is 0.153 e. The van der Waals surface area contributed by atoms with Crippen LogP contribution >= 0.6 is 11.3 Å². The van der Waals surface area contributed by atoms with Gasteiger partial charge in [0.15, 0.2) is 5.51 Å². The molecule has 1 aromatic heterocycles. The maximum absolute atomic E-state index is 4.12. The molecule has 0 fully saturated rings. The fraction of sp³-hybridized carbons (Fsp3) is 0.100. The Hall–Kier alpha value is -1.15. The Bertz CT molecular complexity index is 403. The molecule has 0 N–H and O–H groups in total. The lowest BCUT2D eigenvalue weighted by Gasteiger charge is -1.94. The van der Waals surface area contributed by atoms with Gasteiger partial charge >= 0.3 is 0 Å². The van der Waals surface area contributed by atoms with Crippen LogP contribution in [0.1, 0.15) is 5.56 Å². The van der Waals surface area contributed by atoms with Gasteiger partial charge in [-0.3, -0.25) is 0 Å². The van der Waals surface area contributed by atoms with Crippen LogP contribution in [0.25, 0.3) is 10.2 Å². The molecule has 1 nitrogen and oxygen atoms in total. The summed E-state index contributed by atoms with van der Waals surface area (Å²) in [6, 6.07) is 6.28. The minimum atomic E-state index is 0.910. The third kappa shape index (κ3) is 1.25. The van der Waals surface area contributed by atoms with Gasteiger partial charge in [0, 0.05) is 0 Å². The molecule has 0 amide bonds. The predicted octanol–water partition coefficient (Wildman–Crippen LogP) is 2.82. The molecule has 0 saturated heterocycles. The number of hydrogen-bond donors (Lipinski definition) is 0. The minimum absolute atomic E-state index is 0.910. The summed E-state index contributed by atoms with van der Waals surface area (Å²) in [6.07, 6.45) is 2.81. The zero-order chi connectivity index (χ0) is 8.39. The van der Waals surface area contributed by atoms with E-state index in [0.29, 0.717) is 0 Å². The van der Waals surface area contributed by atoms with E-state index in [0.717, 1.165) is 11.9 Å². The molecule has 1 aromatic carbocycles. The molecule has 59 valence electrons. The number of allylic oxidation sites excluding steroid dienone is 1. The number of fused-ring (bicyclic) bond motifs is 1. The van der Waals surface area contributed by atoms with Crippen LogP contribution in [0.15, 0.2) is 30.9 Å². The van der Waals surface area contributed by atoms with Crippen LogP contribution < -0.4 is 0 Å². The number of nitrogens with zero attached hydrogens (tertiary/aromatic N) is 1. The lowest BCUT2D eigenvalue weighted by atomic mass is 10.1. The lowest BCUT2D eigenvalue weighted by Crippen LogP contribution is -1.78. The molecule has 0 aliphatic rings. The number of benzene rings is 1. The van der Waals surface area contributed by atoms with Crippen molar-refractivity contribution in [3.05, 3.63) is 41.9 Å². The largest absolute Gasteiger partial charge is 0.233 e. The standard InChI is InChI=1S/C10H8NS/c1-2-3-8-4-5-10-9(6-8)11-7-12-10/h2,4-6H,1,3H2. The summed E-state index contributed by atoms with van der Waals surface area (Å²) in [7, 11) is 0. The summed E-state index contributed by atoms with van der Waals surface area (Å²) in [6.45, 7) is 3.70. The molecule has 0 aliphatic heterocycles. The second-order valence-electron chi connectivity index (χ2n) is 2.60. The van der Waals surface area contributed by atoms with Crippen LogP contribution in [0, 0.1) is 5.51 Å². The first-order valence-corrected chi connectivity index (χ1v) is 4.58. The van der Waals surface area contributed by atoms with Crippen LogP contribution in [0.5, 0.6) is 0 Å². The van der Waals surface area contributed by atoms with Gasteiger partial charge in [0.1, 0.15) is 0 Å². The quantitative estimate of drug-likeness (QED) is 0.638. The molecular formula is C10H8NS. The van der Waals surface area contributed by atoms with E-state index in [9.17, 15) is 0 Å². The molecule has 0 bridgehead atoms. The fourth-order valence-corrected chi connectivity index (χ4v) is 1.74. The van der Waals surface area contributed by atoms with Crippen molar-refractivity contribution in [2.75, 3.05) is 0 Å². The molecule has 2 rings (SSSR count). The van der Waals surface area contributed by atoms with E-state index in [2.05, 4.69) is 35.3 Å². The summed E-state index contributed by atoms with van der Waals surface area (Å²) in [5.41, 5.74) is 5.17. The van der Waals surface area contributed by atoms with Crippen molar-refractivity contribution in [1.29, 1.82) is 0 Å². The molecule has 0 spiro atoms. The van der Waals surface area contributed by atoms with E-state index in [1.807, 2.05) is 6.08 Å². The second-order valence-corrected chi connectivity index (χ2v) is 3.43.